The fraction of sp³-hybridized carbons (Fsp3) is 0.0833. The highest BCUT2D eigenvalue weighted by Gasteiger charge is 2.21. The zero-order valence-corrected chi connectivity index (χ0v) is 17.6. The van der Waals surface area contributed by atoms with E-state index in [0.717, 1.165) is 38.6 Å². The smallest absolute Gasteiger partial charge is 0.229 e. The summed E-state index contributed by atoms with van der Waals surface area (Å²) in [6.07, 6.45) is 3.62. The highest BCUT2D eigenvalue weighted by Crippen LogP contribution is 2.31. The van der Waals surface area contributed by atoms with E-state index in [4.69, 9.17) is 10.8 Å². The first-order valence-corrected chi connectivity index (χ1v) is 10.2. The lowest BCUT2D eigenvalue weighted by Crippen LogP contribution is -2.30. The third-order valence-corrected chi connectivity index (χ3v) is 5.86. The van der Waals surface area contributed by atoms with Crippen molar-refractivity contribution < 1.29 is 0 Å². The van der Waals surface area contributed by atoms with Crippen molar-refractivity contribution in [3.05, 3.63) is 73.1 Å². The Labute approximate surface area is 183 Å². The van der Waals surface area contributed by atoms with E-state index in [9.17, 15) is 0 Å². The number of anilines is 2. The van der Waals surface area contributed by atoms with Gasteiger partial charge in [0.25, 0.3) is 0 Å². The van der Waals surface area contributed by atoms with Gasteiger partial charge in [-0.15, -0.1) is 0 Å². The molecule has 0 spiro atoms. The lowest BCUT2D eigenvalue weighted by atomic mass is 10.1. The molecule has 8 nitrogen and oxygen atoms in total. The SMILES string of the molecule is Cn1c(N(N)c2nc3c4cccnc4ccc3n2C)nc2ncc(-c3ccccc3)cc21. The number of aryl methyl sites for hydroxylation is 2. The first kappa shape index (κ1) is 18.5. The molecule has 4 heterocycles. The van der Waals surface area contributed by atoms with Crippen LogP contribution in [-0.2, 0) is 14.1 Å². The van der Waals surface area contributed by atoms with Gasteiger partial charge in [-0.25, -0.2) is 20.8 Å². The van der Waals surface area contributed by atoms with E-state index >= 15 is 0 Å². The molecule has 32 heavy (non-hydrogen) atoms. The summed E-state index contributed by atoms with van der Waals surface area (Å²) in [6.45, 7) is 0. The van der Waals surface area contributed by atoms with Crippen LogP contribution in [0.4, 0.5) is 11.9 Å². The summed E-state index contributed by atoms with van der Waals surface area (Å²) in [5.41, 5.74) is 6.37. The molecule has 0 radical (unpaired) electrons. The van der Waals surface area contributed by atoms with Crippen LogP contribution >= 0.6 is 0 Å². The topological polar surface area (TPSA) is 90.7 Å². The maximum absolute atomic E-state index is 6.56. The van der Waals surface area contributed by atoms with Gasteiger partial charge in [0.2, 0.25) is 11.9 Å². The van der Waals surface area contributed by atoms with Crippen molar-refractivity contribution in [3.63, 3.8) is 0 Å². The van der Waals surface area contributed by atoms with Crippen LogP contribution in [0.25, 0.3) is 44.2 Å². The molecule has 6 aromatic rings. The molecule has 0 aliphatic heterocycles. The summed E-state index contributed by atoms with van der Waals surface area (Å²) >= 11 is 0. The molecule has 4 aromatic heterocycles. The van der Waals surface area contributed by atoms with Gasteiger partial charge in [0.1, 0.15) is 5.52 Å². The van der Waals surface area contributed by atoms with Crippen molar-refractivity contribution in [2.45, 2.75) is 0 Å². The quantitative estimate of drug-likeness (QED) is 0.343. The molecular formula is C24H20N8. The Kier molecular flexibility index (Phi) is 3.96. The monoisotopic (exact) mass is 420 g/mol. The number of nitrogens with zero attached hydrogens (tertiary/aromatic N) is 7. The summed E-state index contributed by atoms with van der Waals surface area (Å²) in [6, 6.07) is 20.2. The molecule has 0 saturated heterocycles. The fourth-order valence-corrected chi connectivity index (χ4v) is 4.16. The third-order valence-electron chi connectivity index (χ3n) is 5.86. The third kappa shape index (κ3) is 2.67. The Morgan fingerprint density at radius 2 is 1.56 bits per heavy atom. The van der Waals surface area contributed by atoms with Gasteiger partial charge in [0.05, 0.1) is 16.6 Å². The molecule has 0 unspecified atom stereocenters. The van der Waals surface area contributed by atoms with Crippen LogP contribution in [0.3, 0.4) is 0 Å². The Morgan fingerprint density at radius 1 is 0.781 bits per heavy atom. The van der Waals surface area contributed by atoms with Gasteiger partial charge in [-0.3, -0.25) is 4.98 Å². The van der Waals surface area contributed by atoms with Gasteiger partial charge in [-0.2, -0.15) is 4.98 Å². The van der Waals surface area contributed by atoms with E-state index in [-0.39, 0.29) is 0 Å². The highest BCUT2D eigenvalue weighted by molar-refractivity contribution is 6.03. The van der Waals surface area contributed by atoms with E-state index in [0.29, 0.717) is 17.5 Å². The minimum Gasteiger partial charge on any atom is -0.312 e. The van der Waals surface area contributed by atoms with Gasteiger partial charge < -0.3 is 9.13 Å². The number of hydrazine groups is 1. The average molecular weight is 420 g/mol. The lowest BCUT2D eigenvalue weighted by molar-refractivity contribution is 0.821. The van der Waals surface area contributed by atoms with E-state index in [1.165, 1.54) is 5.01 Å². The van der Waals surface area contributed by atoms with Gasteiger partial charge >= 0.3 is 0 Å². The van der Waals surface area contributed by atoms with Crippen LogP contribution in [-0.4, -0.2) is 29.1 Å². The number of fused-ring (bicyclic) bond motifs is 4. The maximum atomic E-state index is 6.56. The molecule has 156 valence electrons. The number of hydrogen-bond donors (Lipinski definition) is 1. The molecule has 6 rings (SSSR count). The Morgan fingerprint density at radius 3 is 2.41 bits per heavy atom. The molecule has 2 N–H and O–H groups in total. The minimum absolute atomic E-state index is 0.554. The first-order valence-electron chi connectivity index (χ1n) is 10.2. The van der Waals surface area contributed by atoms with Crippen molar-refractivity contribution in [3.8, 4) is 11.1 Å². The molecule has 8 heteroatoms. The number of hydrogen-bond acceptors (Lipinski definition) is 6. The summed E-state index contributed by atoms with van der Waals surface area (Å²) in [7, 11) is 3.88. The number of rotatable bonds is 3. The van der Waals surface area contributed by atoms with E-state index in [1.807, 2.05) is 71.9 Å². The number of nitrogens with two attached hydrogens (primary N) is 1. The molecule has 2 aromatic carbocycles. The van der Waals surface area contributed by atoms with Crippen molar-refractivity contribution >= 4 is 45.0 Å². The Balaban J connectivity index is 1.49. The highest BCUT2D eigenvalue weighted by atomic mass is 15.5. The summed E-state index contributed by atoms with van der Waals surface area (Å²) in [5.74, 6) is 7.70. The molecule has 0 aliphatic carbocycles. The summed E-state index contributed by atoms with van der Waals surface area (Å²) < 4.78 is 3.90. The largest absolute Gasteiger partial charge is 0.312 e. The Bertz CT molecular complexity index is 1610. The minimum atomic E-state index is 0.554. The zero-order chi connectivity index (χ0) is 21.8. The number of aromatic nitrogens is 6. The Hall–Kier alpha value is -4.30. The van der Waals surface area contributed by atoms with Crippen LogP contribution in [0.1, 0.15) is 0 Å². The molecule has 0 bridgehead atoms. The predicted octanol–water partition coefficient (Wildman–Crippen LogP) is 4.08. The molecular weight excluding hydrogens is 400 g/mol. The lowest BCUT2D eigenvalue weighted by Gasteiger charge is -2.16. The van der Waals surface area contributed by atoms with Gasteiger partial charge in [0.15, 0.2) is 5.65 Å². The molecule has 0 fully saturated rings. The second-order valence-corrected chi connectivity index (χ2v) is 7.75. The van der Waals surface area contributed by atoms with Crippen molar-refractivity contribution in [1.82, 2.24) is 29.1 Å². The van der Waals surface area contributed by atoms with Crippen LogP contribution in [0.15, 0.2) is 73.1 Å². The number of benzene rings is 2. The molecule has 0 atom stereocenters. The standard InChI is InChI=1S/C24H20N8/c1-30-19-11-10-18-17(9-6-12-26-18)21(19)28-23(30)32(25)24-29-22-20(31(24)2)13-16(14-27-22)15-7-4-3-5-8-15/h3-14H,25H2,1-2H3. The van der Waals surface area contributed by atoms with Crippen LogP contribution in [0, 0.1) is 0 Å². The predicted molar refractivity (Wildman–Crippen MR) is 126 cm³/mol. The number of pyridine rings is 2. The second kappa shape index (κ2) is 6.86. The summed E-state index contributed by atoms with van der Waals surface area (Å²) in [4.78, 5) is 18.5. The molecule has 0 saturated carbocycles. The van der Waals surface area contributed by atoms with Crippen LogP contribution in [0.5, 0.6) is 0 Å². The average Bonchev–Trinajstić information content (AvgIpc) is 3.36. The second-order valence-electron chi connectivity index (χ2n) is 7.75. The van der Waals surface area contributed by atoms with Gasteiger partial charge in [0, 0.05) is 37.4 Å². The summed E-state index contributed by atoms with van der Waals surface area (Å²) in [5, 5.41) is 2.49. The number of imidazole rings is 2. The van der Waals surface area contributed by atoms with Crippen LogP contribution < -0.4 is 10.9 Å². The van der Waals surface area contributed by atoms with Gasteiger partial charge in [-0.05, 0) is 35.9 Å². The normalized spacial score (nSPS) is 11.6. The van der Waals surface area contributed by atoms with Crippen LogP contribution in [0.2, 0.25) is 0 Å². The van der Waals surface area contributed by atoms with E-state index in [1.54, 1.807) is 6.20 Å². The van der Waals surface area contributed by atoms with Gasteiger partial charge in [-0.1, -0.05) is 30.3 Å². The van der Waals surface area contributed by atoms with E-state index in [2.05, 4.69) is 33.2 Å². The van der Waals surface area contributed by atoms with Crippen molar-refractivity contribution in [1.29, 1.82) is 0 Å². The first-order chi connectivity index (χ1) is 15.6. The maximum Gasteiger partial charge on any atom is 0.229 e. The zero-order valence-electron chi connectivity index (χ0n) is 17.6. The fourth-order valence-electron chi connectivity index (χ4n) is 4.16. The van der Waals surface area contributed by atoms with Crippen molar-refractivity contribution in [2.75, 3.05) is 5.01 Å². The van der Waals surface area contributed by atoms with Crippen molar-refractivity contribution in [2.24, 2.45) is 19.9 Å². The molecule has 0 amide bonds. The van der Waals surface area contributed by atoms with E-state index < -0.39 is 0 Å². The molecule has 0 aliphatic rings.